The molecule has 0 aliphatic rings. The molecule has 0 aromatic heterocycles. The second-order valence-electron chi connectivity index (χ2n) is 4.67. The molecule has 1 N–H and O–H groups in total. The minimum absolute atomic E-state index is 0.0457. The topological polar surface area (TPSA) is 47.6 Å². The number of hydrogen-bond donors (Lipinski definition) is 1. The van der Waals surface area contributed by atoms with Crippen LogP contribution < -0.4 is 14.8 Å². The SMILES string of the molecule is COc1ccccc1OCC(=O)NCCc1cccc(Cl)c1. The molecule has 0 saturated heterocycles. The van der Waals surface area contributed by atoms with Crippen molar-refractivity contribution in [1.82, 2.24) is 5.32 Å². The van der Waals surface area contributed by atoms with Crippen molar-refractivity contribution in [2.75, 3.05) is 20.3 Å². The number of carbonyl (C=O) groups excluding carboxylic acids is 1. The average Bonchev–Trinajstić information content (AvgIpc) is 2.53. The monoisotopic (exact) mass is 319 g/mol. The van der Waals surface area contributed by atoms with Crippen molar-refractivity contribution in [3.8, 4) is 11.5 Å². The summed E-state index contributed by atoms with van der Waals surface area (Å²) in [6.45, 7) is 0.490. The number of hydrogen-bond acceptors (Lipinski definition) is 3. The summed E-state index contributed by atoms with van der Waals surface area (Å²) in [5.74, 6) is 0.983. The van der Waals surface area contributed by atoms with E-state index in [9.17, 15) is 4.79 Å². The number of amides is 1. The van der Waals surface area contributed by atoms with E-state index in [1.165, 1.54) is 0 Å². The molecule has 0 fully saturated rings. The number of ether oxygens (including phenoxy) is 2. The second kappa shape index (κ2) is 8.29. The predicted molar refractivity (Wildman–Crippen MR) is 86.7 cm³/mol. The van der Waals surface area contributed by atoms with Crippen molar-refractivity contribution in [3.63, 3.8) is 0 Å². The largest absolute Gasteiger partial charge is 0.493 e. The Bertz CT molecular complexity index is 631. The maximum absolute atomic E-state index is 11.8. The molecular weight excluding hydrogens is 302 g/mol. The zero-order chi connectivity index (χ0) is 15.8. The van der Waals surface area contributed by atoms with Gasteiger partial charge in [-0.15, -0.1) is 0 Å². The van der Waals surface area contributed by atoms with Gasteiger partial charge in [-0.05, 0) is 36.2 Å². The zero-order valence-corrected chi connectivity index (χ0v) is 13.1. The molecule has 0 unspecified atom stereocenters. The fourth-order valence-corrected chi connectivity index (χ4v) is 2.18. The number of nitrogens with one attached hydrogen (secondary N) is 1. The Hall–Kier alpha value is -2.20. The van der Waals surface area contributed by atoms with Gasteiger partial charge in [0, 0.05) is 11.6 Å². The Kier molecular flexibility index (Phi) is 6.10. The Balaban J connectivity index is 1.74. The number of rotatable bonds is 7. The van der Waals surface area contributed by atoms with Crippen LogP contribution >= 0.6 is 11.6 Å². The molecule has 0 radical (unpaired) electrons. The molecule has 5 heteroatoms. The van der Waals surface area contributed by atoms with Gasteiger partial charge in [0.1, 0.15) is 0 Å². The summed E-state index contributed by atoms with van der Waals surface area (Å²) in [6, 6.07) is 14.8. The summed E-state index contributed by atoms with van der Waals surface area (Å²) < 4.78 is 10.6. The molecule has 1 amide bonds. The highest BCUT2D eigenvalue weighted by Gasteiger charge is 2.06. The van der Waals surface area contributed by atoms with Crippen LogP contribution in [0.4, 0.5) is 0 Å². The van der Waals surface area contributed by atoms with E-state index in [0.717, 1.165) is 12.0 Å². The molecule has 22 heavy (non-hydrogen) atoms. The molecule has 0 heterocycles. The van der Waals surface area contributed by atoms with Gasteiger partial charge in [-0.2, -0.15) is 0 Å². The summed E-state index contributed by atoms with van der Waals surface area (Å²) in [7, 11) is 1.56. The Morgan fingerprint density at radius 2 is 1.91 bits per heavy atom. The highest BCUT2D eigenvalue weighted by Crippen LogP contribution is 2.25. The molecule has 4 nitrogen and oxygen atoms in total. The quantitative estimate of drug-likeness (QED) is 0.853. The first kappa shape index (κ1) is 16.2. The summed E-state index contributed by atoms with van der Waals surface area (Å²) in [5.41, 5.74) is 1.08. The van der Waals surface area contributed by atoms with Gasteiger partial charge < -0.3 is 14.8 Å². The number of methoxy groups -OCH3 is 1. The highest BCUT2D eigenvalue weighted by atomic mass is 35.5. The highest BCUT2D eigenvalue weighted by molar-refractivity contribution is 6.30. The summed E-state index contributed by atoms with van der Waals surface area (Å²) >= 11 is 5.91. The van der Waals surface area contributed by atoms with Crippen LogP contribution in [0.3, 0.4) is 0 Å². The lowest BCUT2D eigenvalue weighted by Crippen LogP contribution is -2.30. The summed E-state index contributed by atoms with van der Waals surface area (Å²) in [5, 5.41) is 3.51. The standard InChI is InChI=1S/C17H18ClNO3/c1-21-15-7-2-3-8-16(15)22-12-17(20)19-10-9-13-5-4-6-14(18)11-13/h2-8,11H,9-10,12H2,1H3,(H,19,20). The van der Waals surface area contributed by atoms with E-state index in [2.05, 4.69) is 5.32 Å². The average molecular weight is 320 g/mol. The van der Waals surface area contributed by atoms with Crippen LogP contribution in [0.1, 0.15) is 5.56 Å². The van der Waals surface area contributed by atoms with Gasteiger partial charge in [0.15, 0.2) is 18.1 Å². The van der Waals surface area contributed by atoms with Crippen LogP contribution in [0.5, 0.6) is 11.5 Å². The minimum atomic E-state index is -0.173. The van der Waals surface area contributed by atoms with Crippen LogP contribution in [0, 0.1) is 0 Å². The molecule has 0 bridgehead atoms. The van der Waals surface area contributed by atoms with Crippen molar-refractivity contribution in [2.24, 2.45) is 0 Å². The number of carbonyl (C=O) groups is 1. The Labute approximate surface area is 135 Å². The van der Waals surface area contributed by atoms with Crippen molar-refractivity contribution in [1.29, 1.82) is 0 Å². The molecule has 0 aliphatic heterocycles. The van der Waals surface area contributed by atoms with Crippen LogP contribution in [-0.2, 0) is 11.2 Å². The first-order chi connectivity index (χ1) is 10.7. The van der Waals surface area contributed by atoms with Gasteiger partial charge in [-0.3, -0.25) is 4.79 Å². The predicted octanol–water partition coefficient (Wildman–Crippen LogP) is 3.09. The maximum Gasteiger partial charge on any atom is 0.257 e. The number of halogens is 1. The van der Waals surface area contributed by atoms with Crippen molar-refractivity contribution in [3.05, 3.63) is 59.1 Å². The van der Waals surface area contributed by atoms with Gasteiger partial charge in [0.2, 0.25) is 0 Å². The van der Waals surface area contributed by atoms with E-state index in [1.807, 2.05) is 36.4 Å². The molecule has 2 rings (SSSR count). The molecular formula is C17H18ClNO3. The van der Waals surface area contributed by atoms with Gasteiger partial charge in [0.25, 0.3) is 5.91 Å². The van der Waals surface area contributed by atoms with Crippen LogP contribution in [0.15, 0.2) is 48.5 Å². The minimum Gasteiger partial charge on any atom is -0.493 e. The lowest BCUT2D eigenvalue weighted by atomic mass is 10.1. The molecule has 2 aromatic rings. The van der Waals surface area contributed by atoms with E-state index in [0.29, 0.717) is 23.1 Å². The first-order valence-corrected chi connectivity index (χ1v) is 7.34. The molecule has 0 aliphatic carbocycles. The van der Waals surface area contributed by atoms with E-state index in [-0.39, 0.29) is 12.5 Å². The fourth-order valence-electron chi connectivity index (χ4n) is 1.97. The molecule has 2 aromatic carbocycles. The van der Waals surface area contributed by atoms with Gasteiger partial charge in [0.05, 0.1) is 7.11 Å². The number of benzene rings is 2. The third-order valence-electron chi connectivity index (χ3n) is 3.05. The van der Waals surface area contributed by atoms with Crippen LogP contribution in [0.25, 0.3) is 0 Å². The lowest BCUT2D eigenvalue weighted by Gasteiger charge is -2.10. The van der Waals surface area contributed by atoms with Gasteiger partial charge >= 0.3 is 0 Å². The van der Waals surface area contributed by atoms with Crippen LogP contribution in [-0.4, -0.2) is 26.2 Å². The first-order valence-electron chi connectivity index (χ1n) is 6.96. The van der Waals surface area contributed by atoms with E-state index >= 15 is 0 Å². The third-order valence-corrected chi connectivity index (χ3v) is 3.29. The maximum atomic E-state index is 11.8. The van der Waals surface area contributed by atoms with E-state index in [4.69, 9.17) is 21.1 Å². The lowest BCUT2D eigenvalue weighted by molar-refractivity contribution is -0.123. The third kappa shape index (κ3) is 4.97. The summed E-state index contributed by atoms with van der Waals surface area (Å²) in [4.78, 5) is 11.8. The van der Waals surface area contributed by atoms with E-state index in [1.54, 1.807) is 19.2 Å². The van der Waals surface area contributed by atoms with Crippen molar-refractivity contribution < 1.29 is 14.3 Å². The van der Waals surface area contributed by atoms with Crippen molar-refractivity contribution in [2.45, 2.75) is 6.42 Å². The van der Waals surface area contributed by atoms with Gasteiger partial charge in [-0.1, -0.05) is 35.9 Å². The smallest absolute Gasteiger partial charge is 0.257 e. The van der Waals surface area contributed by atoms with E-state index < -0.39 is 0 Å². The number of para-hydroxylation sites is 2. The molecule has 0 atom stereocenters. The molecule has 116 valence electrons. The molecule has 0 saturated carbocycles. The van der Waals surface area contributed by atoms with Crippen molar-refractivity contribution >= 4 is 17.5 Å². The van der Waals surface area contributed by atoms with Gasteiger partial charge in [-0.25, -0.2) is 0 Å². The Morgan fingerprint density at radius 1 is 1.14 bits per heavy atom. The second-order valence-corrected chi connectivity index (χ2v) is 5.11. The Morgan fingerprint density at radius 3 is 2.64 bits per heavy atom. The normalized spacial score (nSPS) is 10.1. The summed E-state index contributed by atoms with van der Waals surface area (Å²) in [6.07, 6.45) is 0.723. The zero-order valence-electron chi connectivity index (χ0n) is 12.3. The van der Waals surface area contributed by atoms with Crippen LogP contribution in [0.2, 0.25) is 5.02 Å². The molecule has 0 spiro atoms. The fraction of sp³-hybridized carbons (Fsp3) is 0.235.